The van der Waals surface area contributed by atoms with Gasteiger partial charge in [-0.1, -0.05) is 12.1 Å². The molecule has 0 unspecified atom stereocenters. The first-order chi connectivity index (χ1) is 15.1. The number of anilines is 2. The summed E-state index contributed by atoms with van der Waals surface area (Å²) >= 11 is 0. The number of carbonyl (C=O) groups is 2. The minimum Gasteiger partial charge on any atom is -0.497 e. The van der Waals surface area contributed by atoms with Crippen LogP contribution in [0.2, 0.25) is 0 Å². The van der Waals surface area contributed by atoms with Gasteiger partial charge < -0.3 is 20.3 Å². The van der Waals surface area contributed by atoms with Crippen LogP contribution < -0.4 is 20.3 Å². The number of aromatic nitrogens is 4. The number of hydrogen-bond donors (Lipinski definition) is 3. The molecule has 4 rings (SSSR count). The van der Waals surface area contributed by atoms with Gasteiger partial charge >= 0.3 is 0 Å². The zero-order chi connectivity index (χ0) is 21.6. The van der Waals surface area contributed by atoms with Crippen LogP contribution in [0.15, 0.2) is 42.7 Å². The zero-order valence-electron chi connectivity index (χ0n) is 17.1. The van der Waals surface area contributed by atoms with Crippen molar-refractivity contribution in [2.24, 2.45) is 0 Å². The van der Waals surface area contributed by atoms with Gasteiger partial charge in [0.15, 0.2) is 0 Å². The van der Waals surface area contributed by atoms with E-state index in [0.29, 0.717) is 11.4 Å². The molecule has 1 aliphatic heterocycles. The number of benzene rings is 1. The lowest BCUT2D eigenvalue weighted by molar-refractivity contribution is 0.0983. The van der Waals surface area contributed by atoms with Crippen molar-refractivity contribution < 1.29 is 14.3 Å². The smallest absolute Gasteiger partial charge is 0.293 e. The standard InChI is InChI=1S/C21H23N7O3/c1-31-15-4-2-3-14(11-15)12-18(29)19-25-20(27-26-19)21(30)24-16-13-23-6-5-17(16)28-9-7-22-8-10-28/h2-6,11,13,22H,7-10,12H2,1H3,(H,24,30)(H,25,26,27). The number of hydrogen-bond acceptors (Lipinski definition) is 8. The Bertz CT molecular complexity index is 1080. The van der Waals surface area contributed by atoms with Crippen molar-refractivity contribution >= 4 is 23.1 Å². The number of H-pyrrole nitrogens is 1. The summed E-state index contributed by atoms with van der Waals surface area (Å²) in [5, 5.41) is 12.6. The summed E-state index contributed by atoms with van der Waals surface area (Å²) in [4.78, 5) is 35.6. The lowest BCUT2D eigenvalue weighted by Gasteiger charge is -2.30. The van der Waals surface area contributed by atoms with Crippen molar-refractivity contribution in [1.82, 2.24) is 25.5 Å². The second kappa shape index (κ2) is 9.35. The van der Waals surface area contributed by atoms with Gasteiger partial charge in [0.05, 0.1) is 24.7 Å². The third-order valence-corrected chi connectivity index (χ3v) is 4.95. The maximum absolute atomic E-state index is 12.7. The minimum atomic E-state index is -0.489. The maximum Gasteiger partial charge on any atom is 0.293 e. The first-order valence-electron chi connectivity index (χ1n) is 9.93. The average Bonchev–Trinajstić information content (AvgIpc) is 3.31. The summed E-state index contributed by atoms with van der Waals surface area (Å²) in [5.41, 5.74) is 2.24. The molecule has 3 aromatic rings. The molecule has 160 valence electrons. The van der Waals surface area contributed by atoms with Crippen LogP contribution in [0.1, 0.15) is 26.8 Å². The first kappa shape index (κ1) is 20.5. The predicted octanol–water partition coefficient (Wildman–Crippen LogP) is 1.30. The molecule has 3 N–H and O–H groups in total. The lowest BCUT2D eigenvalue weighted by Crippen LogP contribution is -2.43. The van der Waals surface area contributed by atoms with Crippen LogP contribution in [0.25, 0.3) is 0 Å². The van der Waals surface area contributed by atoms with Gasteiger partial charge in [0.25, 0.3) is 5.91 Å². The van der Waals surface area contributed by atoms with E-state index < -0.39 is 5.91 Å². The fourth-order valence-corrected chi connectivity index (χ4v) is 3.38. The number of ketones is 1. The van der Waals surface area contributed by atoms with Gasteiger partial charge in [-0.25, -0.2) is 0 Å². The molecule has 10 nitrogen and oxygen atoms in total. The van der Waals surface area contributed by atoms with E-state index >= 15 is 0 Å². The second-order valence-corrected chi connectivity index (χ2v) is 7.04. The van der Waals surface area contributed by atoms with Crippen molar-refractivity contribution in [3.63, 3.8) is 0 Å². The van der Waals surface area contributed by atoms with Crippen LogP contribution in [-0.2, 0) is 6.42 Å². The summed E-state index contributed by atoms with van der Waals surface area (Å²) in [6.45, 7) is 3.41. The summed E-state index contributed by atoms with van der Waals surface area (Å²) in [7, 11) is 1.57. The Morgan fingerprint density at radius 1 is 1.23 bits per heavy atom. The normalized spacial score (nSPS) is 13.6. The molecule has 1 amide bonds. The number of aromatic amines is 1. The van der Waals surface area contributed by atoms with Crippen LogP contribution in [-0.4, -0.2) is 65.1 Å². The predicted molar refractivity (Wildman–Crippen MR) is 115 cm³/mol. The number of nitrogens with zero attached hydrogens (tertiary/aromatic N) is 4. The van der Waals surface area contributed by atoms with Crippen molar-refractivity contribution in [2.45, 2.75) is 6.42 Å². The van der Waals surface area contributed by atoms with Gasteiger partial charge in [-0.05, 0) is 23.8 Å². The van der Waals surface area contributed by atoms with Crippen LogP contribution >= 0.6 is 0 Å². The van der Waals surface area contributed by atoms with Gasteiger partial charge in [0.2, 0.25) is 17.4 Å². The maximum atomic E-state index is 12.7. The van der Waals surface area contributed by atoms with Gasteiger partial charge in [-0.3, -0.25) is 19.7 Å². The fourth-order valence-electron chi connectivity index (χ4n) is 3.38. The molecular formula is C21H23N7O3. The van der Waals surface area contributed by atoms with Gasteiger partial charge in [0.1, 0.15) is 5.75 Å². The highest BCUT2D eigenvalue weighted by Crippen LogP contribution is 2.25. The van der Waals surface area contributed by atoms with E-state index in [4.69, 9.17) is 4.74 Å². The quantitative estimate of drug-likeness (QED) is 0.488. The molecule has 10 heteroatoms. The number of pyridine rings is 1. The van der Waals surface area contributed by atoms with Gasteiger partial charge in [0, 0.05) is 38.8 Å². The topological polar surface area (TPSA) is 125 Å². The highest BCUT2D eigenvalue weighted by atomic mass is 16.5. The summed E-state index contributed by atoms with van der Waals surface area (Å²) < 4.78 is 5.17. The van der Waals surface area contributed by atoms with Crippen molar-refractivity contribution in [2.75, 3.05) is 43.5 Å². The third-order valence-electron chi connectivity index (χ3n) is 4.95. The van der Waals surface area contributed by atoms with Crippen molar-refractivity contribution in [3.05, 3.63) is 59.9 Å². The fraction of sp³-hybridized carbons (Fsp3) is 0.286. The monoisotopic (exact) mass is 421 g/mol. The molecule has 0 saturated carbocycles. The van der Waals surface area contributed by atoms with Crippen molar-refractivity contribution in [1.29, 1.82) is 0 Å². The van der Waals surface area contributed by atoms with Crippen LogP contribution in [0.4, 0.5) is 11.4 Å². The number of nitrogens with one attached hydrogen (secondary N) is 3. The molecular weight excluding hydrogens is 398 g/mol. The number of Topliss-reactive ketones (excluding diaryl/α,β-unsaturated/α-hetero) is 1. The molecule has 0 bridgehead atoms. The third kappa shape index (κ3) is 4.86. The Balaban J connectivity index is 1.44. The largest absolute Gasteiger partial charge is 0.497 e. The number of rotatable bonds is 7. The Morgan fingerprint density at radius 2 is 2.06 bits per heavy atom. The minimum absolute atomic E-state index is 0.0379. The summed E-state index contributed by atoms with van der Waals surface area (Å²) in [5.74, 6) is -0.202. The molecule has 0 aliphatic carbocycles. The number of amides is 1. The van der Waals surface area contributed by atoms with Crippen LogP contribution in [0.3, 0.4) is 0 Å². The molecule has 1 aliphatic rings. The number of methoxy groups -OCH3 is 1. The van der Waals surface area contributed by atoms with Crippen molar-refractivity contribution in [3.8, 4) is 5.75 Å². The molecule has 0 spiro atoms. The van der Waals surface area contributed by atoms with E-state index in [0.717, 1.165) is 37.4 Å². The van der Waals surface area contributed by atoms with E-state index in [2.05, 4.69) is 35.7 Å². The van der Waals surface area contributed by atoms with Gasteiger partial charge in [-0.2, -0.15) is 4.98 Å². The molecule has 3 heterocycles. The molecule has 1 aromatic carbocycles. The molecule has 31 heavy (non-hydrogen) atoms. The molecule has 1 saturated heterocycles. The van der Waals surface area contributed by atoms with E-state index in [9.17, 15) is 9.59 Å². The van der Waals surface area contributed by atoms with E-state index in [1.807, 2.05) is 18.2 Å². The molecule has 0 radical (unpaired) electrons. The molecule has 0 atom stereocenters. The Morgan fingerprint density at radius 3 is 2.87 bits per heavy atom. The van der Waals surface area contributed by atoms with Gasteiger partial charge in [-0.15, -0.1) is 5.10 Å². The van der Waals surface area contributed by atoms with Crippen LogP contribution in [0.5, 0.6) is 5.75 Å². The molecule has 2 aromatic heterocycles. The SMILES string of the molecule is COc1cccc(CC(=O)c2n[nH]c(C(=O)Nc3cnccc3N3CCNCC3)n2)c1. The van der Waals surface area contributed by atoms with E-state index in [1.54, 1.807) is 31.6 Å². The highest BCUT2D eigenvalue weighted by Gasteiger charge is 2.20. The summed E-state index contributed by atoms with van der Waals surface area (Å²) in [6, 6.07) is 9.07. The van der Waals surface area contributed by atoms with E-state index in [1.165, 1.54) is 0 Å². The van der Waals surface area contributed by atoms with E-state index in [-0.39, 0.29) is 23.9 Å². The number of piperazine rings is 1. The average molecular weight is 421 g/mol. The first-order valence-corrected chi connectivity index (χ1v) is 9.93. The zero-order valence-corrected chi connectivity index (χ0v) is 17.1. The Hall–Kier alpha value is -3.79. The summed E-state index contributed by atoms with van der Waals surface area (Å²) in [6.07, 6.45) is 3.39. The van der Waals surface area contributed by atoms with Crippen LogP contribution in [0, 0.1) is 0 Å². The Labute approximate surface area is 179 Å². The lowest BCUT2D eigenvalue weighted by atomic mass is 10.1. The number of carbonyl (C=O) groups excluding carboxylic acids is 2. The highest BCUT2D eigenvalue weighted by molar-refractivity contribution is 6.04. The second-order valence-electron chi connectivity index (χ2n) is 7.04. The Kier molecular flexibility index (Phi) is 6.18. The number of ether oxygens (including phenoxy) is 1. The molecule has 1 fully saturated rings.